The van der Waals surface area contributed by atoms with E-state index in [2.05, 4.69) is 24.3 Å². The Morgan fingerprint density at radius 1 is 1.26 bits per heavy atom. The van der Waals surface area contributed by atoms with Crippen LogP contribution in [0.15, 0.2) is 28.9 Å². The maximum atomic E-state index is 6.02. The van der Waals surface area contributed by atoms with Gasteiger partial charge < -0.3 is 9.84 Å². The number of benzene rings is 1. The molecule has 0 atom stereocenters. The van der Waals surface area contributed by atoms with Gasteiger partial charge in [0.05, 0.1) is 16.2 Å². The predicted octanol–water partition coefficient (Wildman–Crippen LogP) is 4.39. The smallest absolute Gasteiger partial charge is 0.171 e. The van der Waals surface area contributed by atoms with Gasteiger partial charge in [-0.25, -0.2) is 0 Å². The molecule has 1 aromatic heterocycles. The first-order valence-corrected chi connectivity index (χ1v) is 6.93. The lowest BCUT2D eigenvalue weighted by atomic mass is 10.1. The van der Waals surface area contributed by atoms with Crippen molar-refractivity contribution < 1.29 is 4.52 Å². The summed E-state index contributed by atoms with van der Waals surface area (Å²) in [5.74, 6) is 1.34. The van der Waals surface area contributed by atoms with Gasteiger partial charge in [0.1, 0.15) is 0 Å². The third-order valence-electron chi connectivity index (χ3n) is 2.69. The first kappa shape index (κ1) is 14.4. The molecule has 5 heteroatoms. The largest absolute Gasteiger partial charge is 0.356 e. The maximum Gasteiger partial charge on any atom is 0.171 e. The van der Waals surface area contributed by atoms with Gasteiger partial charge in [-0.15, -0.1) is 0 Å². The van der Waals surface area contributed by atoms with Crippen LogP contribution in [-0.4, -0.2) is 11.7 Å². The molecule has 0 aliphatic heterocycles. The molecule has 0 bridgehead atoms. The van der Waals surface area contributed by atoms with Crippen LogP contribution in [0.2, 0.25) is 10.0 Å². The van der Waals surface area contributed by atoms with Crippen molar-refractivity contribution in [2.75, 3.05) is 6.54 Å². The maximum absolute atomic E-state index is 6.02. The van der Waals surface area contributed by atoms with Crippen molar-refractivity contribution in [3.05, 3.63) is 40.0 Å². The van der Waals surface area contributed by atoms with Gasteiger partial charge in [-0.05, 0) is 30.7 Å². The Kier molecular flexibility index (Phi) is 4.86. The minimum atomic E-state index is 0.511. The molecule has 0 amide bonds. The molecule has 1 aromatic carbocycles. The zero-order valence-corrected chi connectivity index (χ0v) is 12.4. The molecule has 0 aliphatic rings. The van der Waals surface area contributed by atoms with Crippen LogP contribution in [0, 0.1) is 5.92 Å². The molecule has 0 saturated heterocycles. The highest BCUT2D eigenvalue weighted by Gasteiger charge is 2.12. The van der Waals surface area contributed by atoms with E-state index in [-0.39, 0.29) is 0 Å². The molecule has 0 unspecified atom stereocenters. The monoisotopic (exact) mass is 298 g/mol. The van der Waals surface area contributed by atoms with Crippen molar-refractivity contribution in [1.29, 1.82) is 0 Å². The number of nitrogens with zero attached hydrogens (tertiary/aromatic N) is 1. The highest BCUT2D eigenvalue weighted by molar-refractivity contribution is 6.42. The molecule has 2 rings (SSSR count). The van der Waals surface area contributed by atoms with Crippen molar-refractivity contribution in [2.24, 2.45) is 5.92 Å². The molecule has 3 nitrogen and oxygen atoms in total. The van der Waals surface area contributed by atoms with Crippen LogP contribution in [-0.2, 0) is 6.54 Å². The van der Waals surface area contributed by atoms with E-state index in [1.165, 1.54) is 0 Å². The fourth-order valence-corrected chi connectivity index (χ4v) is 2.05. The molecule has 2 aromatic rings. The van der Waals surface area contributed by atoms with Gasteiger partial charge in [0.2, 0.25) is 0 Å². The molecule has 19 heavy (non-hydrogen) atoms. The summed E-state index contributed by atoms with van der Waals surface area (Å²) in [5, 5.41) is 8.26. The SMILES string of the molecule is CC(C)CNCc1cnoc1-c1ccc(Cl)c(Cl)c1. The molecule has 1 N–H and O–H groups in total. The van der Waals surface area contributed by atoms with Gasteiger partial charge in [0.15, 0.2) is 5.76 Å². The van der Waals surface area contributed by atoms with Crippen LogP contribution in [0.4, 0.5) is 0 Å². The molecule has 102 valence electrons. The average Bonchev–Trinajstić information content (AvgIpc) is 2.80. The number of nitrogens with one attached hydrogen (secondary N) is 1. The van der Waals surface area contributed by atoms with Gasteiger partial charge in [-0.3, -0.25) is 0 Å². The summed E-state index contributed by atoms with van der Waals surface area (Å²) in [6.45, 7) is 6.00. The Balaban J connectivity index is 2.16. The summed E-state index contributed by atoms with van der Waals surface area (Å²) in [6, 6.07) is 5.42. The second-order valence-electron chi connectivity index (χ2n) is 4.83. The fourth-order valence-electron chi connectivity index (χ4n) is 1.76. The van der Waals surface area contributed by atoms with E-state index in [1.807, 2.05) is 6.07 Å². The molecule has 1 heterocycles. The summed E-state index contributed by atoms with van der Waals surface area (Å²) >= 11 is 11.9. The molecular formula is C14H16Cl2N2O. The quantitative estimate of drug-likeness (QED) is 0.889. The Hall–Kier alpha value is -1.03. The third-order valence-corrected chi connectivity index (χ3v) is 3.43. The summed E-state index contributed by atoms with van der Waals surface area (Å²) in [6.07, 6.45) is 1.73. The number of rotatable bonds is 5. The summed E-state index contributed by atoms with van der Waals surface area (Å²) < 4.78 is 5.31. The number of aromatic nitrogens is 1. The fraction of sp³-hybridized carbons (Fsp3) is 0.357. The van der Waals surface area contributed by atoms with E-state index in [1.54, 1.807) is 18.3 Å². The second-order valence-corrected chi connectivity index (χ2v) is 5.65. The van der Waals surface area contributed by atoms with Crippen molar-refractivity contribution in [3.63, 3.8) is 0 Å². The summed E-state index contributed by atoms with van der Waals surface area (Å²) in [4.78, 5) is 0. The van der Waals surface area contributed by atoms with Crippen molar-refractivity contribution >= 4 is 23.2 Å². The standard InChI is InChI=1S/C14H16Cl2N2O/c1-9(2)6-17-7-11-8-18-19-14(11)10-3-4-12(15)13(16)5-10/h3-5,8-9,17H,6-7H2,1-2H3. The highest BCUT2D eigenvalue weighted by Crippen LogP contribution is 2.30. The van der Waals surface area contributed by atoms with Gasteiger partial charge in [0.25, 0.3) is 0 Å². The van der Waals surface area contributed by atoms with Crippen LogP contribution < -0.4 is 5.32 Å². The van der Waals surface area contributed by atoms with Crippen molar-refractivity contribution in [2.45, 2.75) is 20.4 Å². The average molecular weight is 299 g/mol. The van der Waals surface area contributed by atoms with E-state index in [0.717, 1.165) is 30.0 Å². The summed E-state index contributed by atoms with van der Waals surface area (Å²) in [5.41, 5.74) is 1.90. The lowest BCUT2D eigenvalue weighted by Crippen LogP contribution is -2.18. The van der Waals surface area contributed by atoms with E-state index in [4.69, 9.17) is 27.7 Å². The minimum Gasteiger partial charge on any atom is -0.356 e. The first-order chi connectivity index (χ1) is 9.08. The minimum absolute atomic E-state index is 0.511. The second kappa shape index (κ2) is 6.42. The first-order valence-electron chi connectivity index (χ1n) is 6.17. The Morgan fingerprint density at radius 3 is 2.74 bits per heavy atom. The topological polar surface area (TPSA) is 38.1 Å². The van der Waals surface area contributed by atoms with E-state index in [9.17, 15) is 0 Å². The molecule has 0 saturated carbocycles. The zero-order chi connectivity index (χ0) is 13.8. The molecule has 0 spiro atoms. The van der Waals surface area contributed by atoms with E-state index >= 15 is 0 Å². The Labute approximate surface area is 122 Å². The van der Waals surface area contributed by atoms with Gasteiger partial charge in [-0.2, -0.15) is 0 Å². The van der Waals surface area contributed by atoms with Crippen LogP contribution in [0.3, 0.4) is 0 Å². The van der Waals surface area contributed by atoms with Gasteiger partial charge in [0, 0.05) is 17.7 Å². The number of halogens is 2. The Bertz CT molecular complexity index is 552. The normalized spacial score (nSPS) is 11.2. The molecular weight excluding hydrogens is 283 g/mol. The lowest BCUT2D eigenvalue weighted by Gasteiger charge is -2.07. The van der Waals surface area contributed by atoms with Crippen molar-refractivity contribution in [3.8, 4) is 11.3 Å². The number of hydrogen-bond acceptors (Lipinski definition) is 3. The van der Waals surface area contributed by atoms with Crippen LogP contribution in [0.25, 0.3) is 11.3 Å². The zero-order valence-electron chi connectivity index (χ0n) is 10.9. The van der Waals surface area contributed by atoms with Crippen LogP contribution in [0.5, 0.6) is 0 Å². The van der Waals surface area contributed by atoms with Crippen LogP contribution >= 0.6 is 23.2 Å². The van der Waals surface area contributed by atoms with Gasteiger partial charge >= 0.3 is 0 Å². The number of hydrogen-bond donors (Lipinski definition) is 1. The highest BCUT2D eigenvalue weighted by atomic mass is 35.5. The third kappa shape index (κ3) is 3.72. The van der Waals surface area contributed by atoms with Gasteiger partial charge in [-0.1, -0.05) is 42.2 Å². The predicted molar refractivity (Wildman–Crippen MR) is 78.5 cm³/mol. The van der Waals surface area contributed by atoms with Crippen molar-refractivity contribution in [1.82, 2.24) is 10.5 Å². The molecule has 0 fully saturated rings. The molecule has 0 radical (unpaired) electrons. The summed E-state index contributed by atoms with van der Waals surface area (Å²) in [7, 11) is 0. The van der Waals surface area contributed by atoms with E-state index in [0.29, 0.717) is 16.0 Å². The Morgan fingerprint density at radius 2 is 2.05 bits per heavy atom. The van der Waals surface area contributed by atoms with Crippen LogP contribution in [0.1, 0.15) is 19.4 Å². The van der Waals surface area contributed by atoms with E-state index < -0.39 is 0 Å². The molecule has 0 aliphatic carbocycles. The lowest BCUT2D eigenvalue weighted by molar-refractivity contribution is 0.431.